The summed E-state index contributed by atoms with van der Waals surface area (Å²) in [5.41, 5.74) is 7.13. The van der Waals surface area contributed by atoms with Gasteiger partial charge in [-0.3, -0.25) is 5.41 Å². The second kappa shape index (κ2) is 4.88. The van der Waals surface area contributed by atoms with E-state index in [-0.39, 0.29) is 11.6 Å². The lowest BCUT2D eigenvalue weighted by Gasteiger charge is -2.38. The molecule has 3 nitrogen and oxygen atoms in total. The zero-order chi connectivity index (χ0) is 12.3. The van der Waals surface area contributed by atoms with Gasteiger partial charge in [0.15, 0.2) is 0 Å². The van der Waals surface area contributed by atoms with Crippen LogP contribution in [0.5, 0.6) is 0 Å². The molecule has 2 unspecified atom stereocenters. The van der Waals surface area contributed by atoms with Gasteiger partial charge in [-0.05, 0) is 25.3 Å². The Morgan fingerprint density at radius 1 is 1.29 bits per heavy atom. The van der Waals surface area contributed by atoms with Crippen molar-refractivity contribution in [1.29, 1.82) is 5.41 Å². The highest BCUT2D eigenvalue weighted by molar-refractivity contribution is 5.80. The Morgan fingerprint density at radius 3 is 2.65 bits per heavy atom. The van der Waals surface area contributed by atoms with Crippen molar-refractivity contribution in [2.45, 2.75) is 44.2 Å². The van der Waals surface area contributed by atoms with Gasteiger partial charge in [0.2, 0.25) is 0 Å². The van der Waals surface area contributed by atoms with Crippen LogP contribution in [0, 0.1) is 5.41 Å². The average Bonchev–Trinajstić information content (AvgIpc) is 2.53. The Morgan fingerprint density at radius 2 is 2.00 bits per heavy atom. The first kappa shape index (κ1) is 12.1. The molecule has 1 saturated heterocycles. The Hall–Kier alpha value is -1.35. The zero-order valence-corrected chi connectivity index (χ0v) is 10.4. The molecule has 0 aliphatic carbocycles. The van der Waals surface area contributed by atoms with E-state index in [0.717, 1.165) is 25.7 Å². The van der Waals surface area contributed by atoms with E-state index in [1.54, 1.807) is 0 Å². The topological polar surface area (TPSA) is 61.9 Å². The summed E-state index contributed by atoms with van der Waals surface area (Å²) in [4.78, 5) is 0. The summed E-state index contributed by atoms with van der Waals surface area (Å²) in [6.45, 7) is 2.03. The first-order chi connectivity index (χ1) is 8.15. The molecule has 1 heterocycles. The molecule has 1 aliphatic heterocycles. The molecule has 0 bridgehead atoms. The standard InChI is InChI=1S/C14H21N3/c1-11(15)14(12-7-3-2-4-8-12)10-6-5-9-13(16)17-14/h2-4,7-8,11H,5-6,9-10,15H2,1H3,(H2,16,17). The van der Waals surface area contributed by atoms with Gasteiger partial charge >= 0.3 is 0 Å². The third kappa shape index (κ3) is 2.34. The van der Waals surface area contributed by atoms with Gasteiger partial charge in [0.25, 0.3) is 0 Å². The van der Waals surface area contributed by atoms with Crippen LogP contribution in [-0.4, -0.2) is 11.9 Å². The van der Waals surface area contributed by atoms with Crippen LogP contribution in [0.1, 0.15) is 38.2 Å². The van der Waals surface area contributed by atoms with Crippen LogP contribution in [0.25, 0.3) is 0 Å². The van der Waals surface area contributed by atoms with Crippen molar-refractivity contribution < 1.29 is 0 Å². The smallest absolute Gasteiger partial charge is 0.0938 e. The average molecular weight is 231 g/mol. The lowest BCUT2D eigenvalue weighted by molar-refractivity contribution is 0.304. The summed E-state index contributed by atoms with van der Waals surface area (Å²) < 4.78 is 0. The van der Waals surface area contributed by atoms with Gasteiger partial charge in [-0.2, -0.15) is 0 Å². The third-order valence-corrected chi connectivity index (χ3v) is 3.69. The molecule has 0 spiro atoms. The highest BCUT2D eigenvalue weighted by atomic mass is 15.1. The van der Waals surface area contributed by atoms with Crippen LogP contribution >= 0.6 is 0 Å². The van der Waals surface area contributed by atoms with Gasteiger partial charge in [0, 0.05) is 12.5 Å². The maximum atomic E-state index is 7.96. The lowest BCUT2D eigenvalue weighted by atomic mass is 9.80. The fraction of sp³-hybridized carbons (Fsp3) is 0.500. The van der Waals surface area contributed by atoms with E-state index in [2.05, 4.69) is 17.4 Å². The van der Waals surface area contributed by atoms with Gasteiger partial charge < -0.3 is 11.1 Å². The van der Waals surface area contributed by atoms with Crippen molar-refractivity contribution in [2.24, 2.45) is 5.73 Å². The van der Waals surface area contributed by atoms with E-state index < -0.39 is 0 Å². The fourth-order valence-electron chi connectivity index (χ4n) is 2.66. The largest absolute Gasteiger partial charge is 0.363 e. The number of nitrogens with one attached hydrogen (secondary N) is 2. The molecule has 4 N–H and O–H groups in total. The van der Waals surface area contributed by atoms with Gasteiger partial charge in [-0.1, -0.05) is 36.8 Å². The Bertz CT molecular complexity index is 386. The molecule has 0 aromatic heterocycles. The first-order valence-corrected chi connectivity index (χ1v) is 6.32. The Balaban J connectivity index is 2.41. The van der Waals surface area contributed by atoms with Crippen molar-refractivity contribution in [2.75, 3.05) is 0 Å². The molecular formula is C14H21N3. The number of nitrogens with two attached hydrogens (primary N) is 1. The van der Waals surface area contributed by atoms with E-state index in [1.165, 1.54) is 5.56 Å². The summed E-state index contributed by atoms with van der Waals surface area (Å²) in [6, 6.07) is 10.3. The van der Waals surface area contributed by atoms with Crippen LogP contribution in [-0.2, 0) is 5.54 Å². The number of benzene rings is 1. The van der Waals surface area contributed by atoms with Crippen molar-refractivity contribution in [1.82, 2.24) is 5.32 Å². The summed E-state index contributed by atoms with van der Waals surface area (Å²) in [5.74, 6) is 0.614. The number of hydrogen-bond acceptors (Lipinski definition) is 2. The molecule has 1 aliphatic rings. The second-order valence-electron chi connectivity index (χ2n) is 4.94. The van der Waals surface area contributed by atoms with Gasteiger partial charge in [0.05, 0.1) is 11.4 Å². The van der Waals surface area contributed by atoms with Crippen molar-refractivity contribution in [3.8, 4) is 0 Å². The van der Waals surface area contributed by atoms with Gasteiger partial charge in [-0.15, -0.1) is 0 Å². The molecule has 2 rings (SSSR count). The molecule has 0 saturated carbocycles. The van der Waals surface area contributed by atoms with E-state index in [9.17, 15) is 0 Å². The maximum absolute atomic E-state index is 7.96. The minimum Gasteiger partial charge on any atom is -0.363 e. The zero-order valence-electron chi connectivity index (χ0n) is 10.4. The highest BCUT2D eigenvalue weighted by Gasteiger charge is 2.37. The predicted octanol–water partition coefficient (Wildman–Crippen LogP) is 2.37. The van der Waals surface area contributed by atoms with E-state index in [4.69, 9.17) is 11.1 Å². The lowest BCUT2D eigenvalue weighted by Crippen LogP contribution is -2.55. The van der Waals surface area contributed by atoms with E-state index in [1.807, 2.05) is 25.1 Å². The third-order valence-electron chi connectivity index (χ3n) is 3.69. The van der Waals surface area contributed by atoms with Crippen LogP contribution in [0.2, 0.25) is 0 Å². The number of hydrogen-bond donors (Lipinski definition) is 3. The summed E-state index contributed by atoms with van der Waals surface area (Å²) >= 11 is 0. The molecule has 92 valence electrons. The first-order valence-electron chi connectivity index (χ1n) is 6.32. The van der Waals surface area contributed by atoms with Crippen molar-refractivity contribution >= 4 is 5.84 Å². The normalized spacial score (nSPS) is 27.1. The van der Waals surface area contributed by atoms with Crippen molar-refractivity contribution in [3.63, 3.8) is 0 Å². The van der Waals surface area contributed by atoms with Crippen LogP contribution in [0.3, 0.4) is 0 Å². The Labute approximate surface area is 103 Å². The van der Waals surface area contributed by atoms with Gasteiger partial charge in [0.1, 0.15) is 0 Å². The quantitative estimate of drug-likeness (QED) is 0.731. The fourth-order valence-corrected chi connectivity index (χ4v) is 2.66. The summed E-state index contributed by atoms with van der Waals surface area (Å²) in [7, 11) is 0. The molecule has 17 heavy (non-hydrogen) atoms. The summed E-state index contributed by atoms with van der Waals surface area (Å²) in [5, 5.41) is 11.3. The molecule has 2 atom stereocenters. The minimum absolute atomic E-state index is 0.0108. The SMILES string of the molecule is CC(N)C1(c2ccccc2)CCCCC(=N)N1. The van der Waals surface area contributed by atoms with Crippen LogP contribution in [0.15, 0.2) is 30.3 Å². The van der Waals surface area contributed by atoms with E-state index >= 15 is 0 Å². The number of amidine groups is 1. The molecule has 3 heteroatoms. The number of rotatable bonds is 2. The predicted molar refractivity (Wildman–Crippen MR) is 71.1 cm³/mol. The molecular weight excluding hydrogens is 210 g/mol. The summed E-state index contributed by atoms with van der Waals surface area (Å²) in [6.07, 6.45) is 4.03. The molecule has 1 aromatic carbocycles. The molecule has 1 aromatic rings. The molecule has 1 fully saturated rings. The minimum atomic E-state index is -0.269. The van der Waals surface area contributed by atoms with Crippen LogP contribution < -0.4 is 11.1 Å². The van der Waals surface area contributed by atoms with Crippen LogP contribution in [0.4, 0.5) is 0 Å². The maximum Gasteiger partial charge on any atom is 0.0938 e. The highest BCUT2D eigenvalue weighted by Crippen LogP contribution is 2.32. The monoisotopic (exact) mass is 231 g/mol. The second-order valence-corrected chi connectivity index (χ2v) is 4.94. The molecule has 0 radical (unpaired) electrons. The van der Waals surface area contributed by atoms with Gasteiger partial charge in [-0.25, -0.2) is 0 Å². The Kier molecular flexibility index (Phi) is 3.48. The van der Waals surface area contributed by atoms with E-state index in [0.29, 0.717) is 5.84 Å². The molecule has 0 amide bonds. The van der Waals surface area contributed by atoms with Crippen molar-refractivity contribution in [3.05, 3.63) is 35.9 Å².